The molecule has 0 bridgehead atoms. The van der Waals surface area contributed by atoms with Gasteiger partial charge in [0.25, 0.3) is 0 Å². The van der Waals surface area contributed by atoms with Crippen LogP contribution in [0.4, 0.5) is 0 Å². The highest BCUT2D eigenvalue weighted by molar-refractivity contribution is 5.96. The zero-order valence-corrected chi connectivity index (χ0v) is 12.2. The Morgan fingerprint density at radius 2 is 2.15 bits per heavy atom. The normalized spacial score (nSPS) is 25.6. The summed E-state index contributed by atoms with van der Waals surface area (Å²) in [5, 5.41) is 0. The molecule has 2 fully saturated rings. The van der Waals surface area contributed by atoms with Gasteiger partial charge in [0.2, 0.25) is 0 Å². The van der Waals surface area contributed by atoms with E-state index in [1.54, 1.807) is 6.20 Å². The molecule has 1 spiro atoms. The minimum absolute atomic E-state index is 0.0132. The fraction of sp³-hybridized carbons (Fsp3) is 0.647. The Labute approximate surface area is 120 Å². The van der Waals surface area contributed by atoms with Gasteiger partial charge in [-0.1, -0.05) is 19.3 Å². The van der Waals surface area contributed by atoms with Crippen LogP contribution in [0.1, 0.15) is 61.0 Å². The van der Waals surface area contributed by atoms with E-state index in [0.717, 1.165) is 37.9 Å². The lowest BCUT2D eigenvalue weighted by atomic mass is 9.74. The van der Waals surface area contributed by atoms with Gasteiger partial charge in [-0.05, 0) is 50.3 Å². The van der Waals surface area contributed by atoms with Gasteiger partial charge in [0.1, 0.15) is 5.69 Å². The Morgan fingerprint density at radius 3 is 2.90 bits per heavy atom. The van der Waals surface area contributed by atoms with Crippen molar-refractivity contribution in [1.29, 1.82) is 0 Å². The molecule has 1 unspecified atom stereocenters. The van der Waals surface area contributed by atoms with E-state index < -0.39 is 0 Å². The van der Waals surface area contributed by atoms with Gasteiger partial charge in [-0.3, -0.25) is 9.78 Å². The van der Waals surface area contributed by atoms with E-state index >= 15 is 0 Å². The minimum Gasteiger partial charge on any atom is -0.375 e. The average Bonchev–Trinajstić information content (AvgIpc) is 2.47. The van der Waals surface area contributed by atoms with Crippen molar-refractivity contribution in [2.24, 2.45) is 5.92 Å². The molecule has 1 aliphatic heterocycles. The van der Waals surface area contributed by atoms with Crippen molar-refractivity contribution in [2.45, 2.75) is 57.5 Å². The molecule has 1 saturated heterocycles. The fourth-order valence-electron chi connectivity index (χ4n) is 3.68. The van der Waals surface area contributed by atoms with E-state index in [-0.39, 0.29) is 17.3 Å². The van der Waals surface area contributed by atoms with Crippen LogP contribution < -0.4 is 0 Å². The predicted molar refractivity (Wildman–Crippen MR) is 77.8 cm³/mol. The van der Waals surface area contributed by atoms with Gasteiger partial charge in [0.15, 0.2) is 5.78 Å². The van der Waals surface area contributed by atoms with Crippen molar-refractivity contribution in [3.8, 4) is 0 Å². The van der Waals surface area contributed by atoms with Crippen molar-refractivity contribution in [1.82, 2.24) is 4.98 Å². The highest BCUT2D eigenvalue weighted by Crippen LogP contribution is 2.41. The van der Waals surface area contributed by atoms with Gasteiger partial charge in [-0.25, -0.2) is 0 Å². The van der Waals surface area contributed by atoms with Crippen molar-refractivity contribution >= 4 is 5.78 Å². The smallest absolute Gasteiger partial charge is 0.184 e. The molecular formula is C17H23NO2. The van der Waals surface area contributed by atoms with Crippen LogP contribution in [0.5, 0.6) is 0 Å². The Bertz CT molecular complexity index is 486. The van der Waals surface area contributed by atoms with E-state index in [4.69, 9.17) is 4.74 Å². The molecule has 108 valence electrons. The molecule has 3 rings (SSSR count). The first-order valence-corrected chi connectivity index (χ1v) is 7.79. The first kappa shape index (κ1) is 13.7. The molecule has 1 atom stereocenters. The maximum Gasteiger partial charge on any atom is 0.184 e. The minimum atomic E-state index is -0.0132. The van der Waals surface area contributed by atoms with Crippen LogP contribution in [0.25, 0.3) is 0 Å². The first-order chi connectivity index (χ1) is 9.69. The number of Topliss-reactive ketones (excluding diaryl/α,β-unsaturated/α-hetero) is 1. The van der Waals surface area contributed by atoms with Gasteiger partial charge in [0, 0.05) is 18.7 Å². The van der Waals surface area contributed by atoms with Crippen molar-refractivity contribution < 1.29 is 9.53 Å². The topological polar surface area (TPSA) is 39.2 Å². The molecule has 3 heteroatoms. The number of rotatable bonds is 2. The largest absolute Gasteiger partial charge is 0.375 e. The first-order valence-electron chi connectivity index (χ1n) is 7.79. The van der Waals surface area contributed by atoms with Crippen LogP contribution in [0, 0.1) is 12.8 Å². The summed E-state index contributed by atoms with van der Waals surface area (Å²) in [6.07, 6.45) is 9.50. The number of ketones is 1. The number of pyridine rings is 1. The third-order valence-electron chi connectivity index (χ3n) is 4.80. The quantitative estimate of drug-likeness (QED) is 0.771. The highest BCUT2D eigenvalue weighted by atomic mass is 16.5. The van der Waals surface area contributed by atoms with Gasteiger partial charge in [-0.2, -0.15) is 0 Å². The zero-order valence-electron chi connectivity index (χ0n) is 12.2. The molecule has 2 aliphatic rings. The molecule has 0 aromatic carbocycles. The molecule has 2 heterocycles. The summed E-state index contributed by atoms with van der Waals surface area (Å²) in [7, 11) is 0. The van der Waals surface area contributed by atoms with Crippen molar-refractivity contribution in [3.63, 3.8) is 0 Å². The molecule has 3 nitrogen and oxygen atoms in total. The summed E-state index contributed by atoms with van der Waals surface area (Å²) >= 11 is 0. The predicted octanol–water partition coefficient (Wildman–Crippen LogP) is 3.70. The highest BCUT2D eigenvalue weighted by Gasteiger charge is 2.40. The molecule has 1 aromatic rings. The third kappa shape index (κ3) is 2.78. The summed E-state index contributed by atoms with van der Waals surface area (Å²) in [6.45, 7) is 2.73. The van der Waals surface area contributed by atoms with Crippen LogP contribution in [-0.4, -0.2) is 23.0 Å². The Kier molecular flexibility index (Phi) is 3.88. The van der Waals surface area contributed by atoms with Gasteiger partial charge < -0.3 is 4.74 Å². The zero-order chi connectivity index (χ0) is 14.0. The monoisotopic (exact) mass is 273 g/mol. The molecular weight excluding hydrogens is 250 g/mol. The maximum atomic E-state index is 12.7. The maximum absolute atomic E-state index is 12.7. The van der Waals surface area contributed by atoms with Crippen molar-refractivity contribution in [2.75, 3.05) is 6.61 Å². The summed E-state index contributed by atoms with van der Waals surface area (Å²) in [6, 6.07) is 3.84. The SMILES string of the molecule is Cc1ccnc(C(=O)C2CCOC3(CCCCC3)C2)c1. The number of ether oxygens (including phenoxy) is 1. The van der Waals surface area contributed by atoms with E-state index in [1.807, 2.05) is 19.1 Å². The summed E-state index contributed by atoms with van der Waals surface area (Å²) in [4.78, 5) is 16.9. The standard InChI is InChI=1S/C17H23NO2/c1-13-5-9-18-15(11-13)16(19)14-6-10-20-17(12-14)7-3-2-4-8-17/h5,9,11,14H,2-4,6-8,10,12H2,1H3. The number of aryl methyl sites for hydroxylation is 1. The summed E-state index contributed by atoms with van der Waals surface area (Å²) in [5.41, 5.74) is 1.71. The number of nitrogens with zero attached hydrogens (tertiary/aromatic N) is 1. The second kappa shape index (κ2) is 5.65. The Morgan fingerprint density at radius 1 is 1.35 bits per heavy atom. The average molecular weight is 273 g/mol. The second-order valence-corrected chi connectivity index (χ2v) is 6.36. The molecule has 0 N–H and O–H groups in total. The van der Waals surface area contributed by atoms with Crippen LogP contribution >= 0.6 is 0 Å². The molecule has 0 radical (unpaired) electrons. The lowest BCUT2D eigenvalue weighted by molar-refractivity contribution is -0.111. The Hall–Kier alpha value is -1.22. The second-order valence-electron chi connectivity index (χ2n) is 6.36. The number of carbonyl (C=O) groups is 1. The van der Waals surface area contributed by atoms with Gasteiger partial charge in [0.05, 0.1) is 5.60 Å². The molecule has 1 aromatic heterocycles. The van der Waals surface area contributed by atoms with E-state index in [1.165, 1.54) is 19.3 Å². The lowest BCUT2D eigenvalue weighted by Crippen LogP contribution is -2.43. The van der Waals surface area contributed by atoms with E-state index in [2.05, 4.69) is 4.98 Å². The number of carbonyl (C=O) groups excluding carboxylic acids is 1. The third-order valence-corrected chi connectivity index (χ3v) is 4.80. The van der Waals surface area contributed by atoms with Gasteiger partial charge >= 0.3 is 0 Å². The molecule has 0 amide bonds. The van der Waals surface area contributed by atoms with Gasteiger partial charge in [-0.15, -0.1) is 0 Å². The summed E-state index contributed by atoms with van der Waals surface area (Å²) in [5.74, 6) is 0.304. The number of hydrogen-bond donors (Lipinski definition) is 0. The van der Waals surface area contributed by atoms with Crippen LogP contribution in [0.15, 0.2) is 18.3 Å². The molecule has 1 saturated carbocycles. The van der Waals surface area contributed by atoms with Crippen molar-refractivity contribution in [3.05, 3.63) is 29.6 Å². The lowest BCUT2D eigenvalue weighted by Gasteiger charge is -2.43. The fourth-order valence-corrected chi connectivity index (χ4v) is 3.68. The van der Waals surface area contributed by atoms with Crippen LogP contribution in [-0.2, 0) is 4.74 Å². The van der Waals surface area contributed by atoms with E-state index in [0.29, 0.717) is 5.69 Å². The Balaban J connectivity index is 1.74. The van der Waals surface area contributed by atoms with Crippen LogP contribution in [0.2, 0.25) is 0 Å². The molecule has 20 heavy (non-hydrogen) atoms. The van der Waals surface area contributed by atoms with E-state index in [9.17, 15) is 4.79 Å². The van der Waals surface area contributed by atoms with Crippen LogP contribution in [0.3, 0.4) is 0 Å². The number of hydrogen-bond acceptors (Lipinski definition) is 3. The number of aromatic nitrogens is 1. The summed E-state index contributed by atoms with van der Waals surface area (Å²) < 4.78 is 6.07. The molecule has 1 aliphatic carbocycles.